The predicted octanol–water partition coefficient (Wildman–Crippen LogP) is 2.60. The molecule has 2 rings (SSSR count). The summed E-state index contributed by atoms with van der Waals surface area (Å²) in [4.78, 5) is 3.61. The third kappa shape index (κ3) is 3.86. The minimum Gasteiger partial charge on any atom is -0.372 e. The van der Waals surface area contributed by atoms with Crippen molar-refractivity contribution in [2.45, 2.75) is 30.0 Å². The molecule has 5 nitrogen and oxygen atoms in total. The van der Waals surface area contributed by atoms with Gasteiger partial charge in [-0.25, -0.2) is 13.4 Å². The Balaban J connectivity index is 2.46. The van der Waals surface area contributed by atoms with Crippen LogP contribution in [0.15, 0.2) is 21.6 Å². The second kappa shape index (κ2) is 5.73. The first-order valence-corrected chi connectivity index (χ1v) is 8.30. The van der Waals surface area contributed by atoms with Crippen molar-refractivity contribution in [2.75, 3.05) is 18.9 Å². The maximum absolute atomic E-state index is 12.7. The molecule has 1 heterocycles. The fraction of sp³-hybridized carbons (Fsp3) is 0.545. The van der Waals surface area contributed by atoms with Gasteiger partial charge in [-0.3, -0.25) is 0 Å². The Bertz CT molecular complexity index is 632. The van der Waals surface area contributed by atoms with E-state index in [2.05, 4.69) is 26.2 Å². The van der Waals surface area contributed by atoms with Crippen molar-refractivity contribution in [1.82, 2.24) is 9.29 Å². The van der Waals surface area contributed by atoms with Crippen molar-refractivity contribution in [1.29, 1.82) is 0 Å². The van der Waals surface area contributed by atoms with Crippen molar-refractivity contribution in [3.05, 3.63) is 16.7 Å². The van der Waals surface area contributed by atoms with Gasteiger partial charge in [-0.2, -0.15) is 17.5 Å². The lowest BCUT2D eigenvalue weighted by molar-refractivity contribution is -0.137. The lowest BCUT2D eigenvalue weighted by atomic mass is 10.4. The Labute approximate surface area is 128 Å². The normalized spacial score (nSPS) is 16.3. The topological polar surface area (TPSA) is 62.3 Å². The molecule has 1 aromatic heterocycles. The molecule has 1 N–H and O–H groups in total. The molecule has 1 saturated carbocycles. The van der Waals surface area contributed by atoms with Gasteiger partial charge in [0.2, 0.25) is 10.0 Å². The predicted molar refractivity (Wildman–Crippen MR) is 74.5 cm³/mol. The number of hydrogen-bond acceptors (Lipinski definition) is 4. The van der Waals surface area contributed by atoms with Gasteiger partial charge in [0.1, 0.15) is 17.3 Å². The summed E-state index contributed by atoms with van der Waals surface area (Å²) in [5.74, 6) is 0.0195. The molecule has 0 radical (unpaired) electrons. The second-order valence-electron chi connectivity index (χ2n) is 4.65. The molecular formula is C11H13BrF3N3O2S. The largest absolute Gasteiger partial charge is 0.402 e. The average Bonchev–Trinajstić information content (AvgIpc) is 3.19. The maximum atomic E-state index is 12.7. The van der Waals surface area contributed by atoms with E-state index in [1.54, 1.807) is 0 Å². The molecule has 10 heteroatoms. The van der Waals surface area contributed by atoms with Gasteiger partial charge in [0.15, 0.2) is 0 Å². The molecule has 0 aromatic carbocycles. The Morgan fingerprint density at radius 2 is 2.10 bits per heavy atom. The molecule has 0 amide bonds. The molecule has 1 fully saturated rings. The Kier molecular flexibility index (Phi) is 4.50. The molecule has 1 aromatic rings. The van der Waals surface area contributed by atoms with Gasteiger partial charge in [0.05, 0.1) is 0 Å². The lowest BCUT2D eigenvalue weighted by Gasteiger charge is -2.24. The number of nitrogens with zero attached hydrogens (tertiary/aromatic N) is 2. The molecule has 0 spiro atoms. The van der Waals surface area contributed by atoms with Crippen molar-refractivity contribution in [3.8, 4) is 0 Å². The van der Waals surface area contributed by atoms with Gasteiger partial charge in [-0.1, -0.05) is 0 Å². The number of aromatic nitrogens is 1. The number of pyridine rings is 1. The van der Waals surface area contributed by atoms with Gasteiger partial charge in [-0.15, -0.1) is 0 Å². The maximum Gasteiger partial charge on any atom is 0.402 e. The summed E-state index contributed by atoms with van der Waals surface area (Å²) in [7, 11) is -2.82. The van der Waals surface area contributed by atoms with Crippen LogP contribution in [0.5, 0.6) is 0 Å². The van der Waals surface area contributed by atoms with Crippen molar-refractivity contribution in [2.24, 2.45) is 0 Å². The van der Waals surface area contributed by atoms with Crippen LogP contribution in [-0.4, -0.2) is 43.5 Å². The zero-order chi connectivity index (χ0) is 15.8. The first-order chi connectivity index (χ1) is 9.65. The van der Waals surface area contributed by atoms with Gasteiger partial charge in [0, 0.05) is 23.8 Å². The highest BCUT2D eigenvalue weighted by atomic mass is 79.9. The summed E-state index contributed by atoms with van der Waals surface area (Å²) in [6, 6.07) is 0.653. The number of sulfonamides is 1. The van der Waals surface area contributed by atoms with Gasteiger partial charge in [0.25, 0.3) is 0 Å². The van der Waals surface area contributed by atoms with Gasteiger partial charge >= 0.3 is 6.18 Å². The van der Waals surface area contributed by atoms with E-state index in [0.717, 1.165) is 0 Å². The molecule has 0 aliphatic heterocycles. The van der Waals surface area contributed by atoms with Crippen LogP contribution in [0.3, 0.4) is 0 Å². The number of halogens is 4. The average molecular weight is 388 g/mol. The smallest absolute Gasteiger partial charge is 0.372 e. The number of nitrogens with one attached hydrogen (secondary N) is 1. The number of alkyl halides is 3. The molecular weight excluding hydrogens is 375 g/mol. The Morgan fingerprint density at radius 3 is 2.57 bits per heavy atom. The number of rotatable bonds is 5. The summed E-state index contributed by atoms with van der Waals surface area (Å²) < 4.78 is 64.0. The van der Waals surface area contributed by atoms with E-state index in [4.69, 9.17) is 0 Å². The van der Waals surface area contributed by atoms with Crippen LogP contribution in [0, 0.1) is 0 Å². The zero-order valence-corrected chi connectivity index (χ0v) is 13.4. The quantitative estimate of drug-likeness (QED) is 0.843. The molecule has 0 saturated heterocycles. The van der Waals surface area contributed by atoms with Crippen LogP contribution in [0.1, 0.15) is 12.8 Å². The van der Waals surface area contributed by atoms with Crippen LogP contribution in [0.2, 0.25) is 0 Å². The van der Waals surface area contributed by atoms with E-state index >= 15 is 0 Å². The molecule has 0 atom stereocenters. The summed E-state index contributed by atoms with van der Waals surface area (Å²) in [5.41, 5.74) is 0. The summed E-state index contributed by atoms with van der Waals surface area (Å²) >= 11 is 3.09. The second-order valence-corrected chi connectivity index (χ2v) is 7.42. The summed E-state index contributed by atoms with van der Waals surface area (Å²) in [6.07, 6.45) is -2.34. The fourth-order valence-electron chi connectivity index (χ4n) is 1.88. The summed E-state index contributed by atoms with van der Waals surface area (Å²) in [5, 5.41) is 2.59. The van der Waals surface area contributed by atoms with E-state index in [1.165, 1.54) is 19.3 Å². The minimum atomic E-state index is -4.59. The highest BCUT2D eigenvalue weighted by Gasteiger charge is 2.45. The van der Waals surface area contributed by atoms with E-state index < -0.39 is 28.8 Å². The van der Waals surface area contributed by atoms with Crippen LogP contribution in [0.4, 0.5) is 19.0 Å². The Hall–Kier alpha value is -0.870. The first-order valence-electron chi connectivity index (χ1n) is 6.07. The summed E-state index contributed by atoms with van der Waals surface area (Å²) in [6.45, 7) is -1.49. The van der Waals surface area contributed by atoms with E-state index in [0.29, 0.717) is 21.6 Å². The minimum absolute atomic E-state index is 0.0195. The van der Waals surface area contributed by atoms with E-state index in [9.17, 15) is 21.6 Å². The molecule has 118 valence electrons. The van der Waals surface area contributed by atoms with Crippen molar-refractivity contribution in [3.63, 3.8) is 0 Å². The highest BCUT2D eigenvalue weighted by Crippen LogP contribution is 2.36. The molecule has 0 unspecified atom stereocenters. The number of anilines is 1. The van der Waals surface area contributed by atoms with Gasteiger partial charge < -0.3 is 5.32 Å². The first kappa shape index (κ1) is 16.5. The van der Waals surface area contributed by atoms with Crippen LogP contribution in [-0.2, 0) is 10.0 Å². The lowest BCUT2D eigenvalue weighted by Crippen LogP contribution is -2.40. The highest BCUT2D eigenvalue weighted by molar-refractivity contribution is 9.10. The van der Waals surface area contributed by atoms with Crippen LogP contribution < -0.4 is 5.32 Å². The van der Waals surface area contributed by atoms with E-state index in [1.807, 2.05) is 0 Å². The van der Waals surface area contributed by atoms with E-state index in [-0.39, 0.29) is 10.7 Å². The Morgan fingerprint density at radius 1 is 1.48 bits per heavy atom. The SMILES string of the molecule is CNc1ncc(Br)cc1S(=O)(=O)N(CC(F)(F)F)C1CC1. The third-order valence-electron chi connectivity index (χ3n) is 2.93. The van der Waals surface area contributed by atoms with Crippen molar-refractivity contribution < 1.29 is 21.6 Å². The van der Waals surface area contributed by atoms with Crippen molar-refractivity contribution >= 4 is 31.8 Å². The monoisotopic (exact) mass is 387 g/mol. The fourth-order valence-corrected chi connectivity index (χ4v) is 4.21. The van der Waals surface area contributed by atoms with Crippen LogP contribution >= 0.6 is 15.9 Å². The van der Waals surface area contributed by atoms with Crippen LogP contribution in [0.25, 0.3) is 0 Å². The molecule has 1 aliphatic rings. The molecule has 21 heavy (non-hydrogen) atoms. The molecule has 0 bridgehead atoms. The zero-order valence-electron chi connectivity index (χ0n) is 11.0. The molecule has 1 aliphatic carbocycles. The third-order valence-corrected chi connectivity index (χ3v) is 5.28. The number of hydrogen-bond donors (Lipinski definition) is 1. The van der Waals surface area contributed by atoms with Gasteiger partial charge in [-0.05, 0) is 34.8 Å². The standard InChI is InChI=1S/C11H13BrF3N3O2S/c1-16-10-9(4-7(12)5-17-10)21(19,20)18(8-2-3-8)6-11(13,14)15/h4-5,8H,2-3,6H2,1H3,(H,16,17).